The Bertz CT molecular complexity index is 971. The summed E-state index contributed by atoms with van der Waals surface area (Å²) in [4.78, 5) is 22.3. The van der Waals surface area contributed by atoms with Crippen molar-refractivity contribution < 1.29 is 38.7 Å². The Morgan fingerprint density at radius 3 is 1.28 bits per heavy atom. The number of esters is 2. The maximum atomic E-state index is 11.1. The van der Waals surface area contributed by atoms with Crippen LogP contribution >= 0.6 is 0 Å². The summed E-state index contributed by atoms with van der Waals surface area (Å²) in [5, 5.41) is 20.0. The van der Waals surface area contributed by atoms with Crippen molar-refractivity contribution in [3.63, 3.8) is 0 Å². The molecule has 2 N–H and O–H groups in total. The Hall–Kier alpha value is -3.62. The van der Waals surface area contributed by atoms with Gasteiger partial charge in [-0.05, 0) is 85.3 Å². The predicted molar refractivity (Wildman–Crippen MR) is 136 cm³/mol. The highest BCUT2D eigenvalue weighted by molar-refractivity contribution is 5.81. The highest BCUT2D eigenvalue weighted by Crippen LogP contribution is 2.34. The molecule has 0 radical (unpaired) electrons. The molecule has 2 rings (SSSR count). The average Bonchev–Trinajstić information content (AvgIpc) is 2.84. The second-order valence-electron chi connectivity index (χ2n) is 8.48. The van der Waals surface area contributed by atoms with Gasteiger partial charge in [0.05, 0.1) is 0 Å². The van der Waals surface area contributed by atoms with Gasteiger partial charge >= 0.3 is 11.9 Å². The number of benzene rings is 2. The number of hydrogen-bond donors (Lipinski definition) is 2. The molecule has 2 atom stereocenters. The molecule has 0 aliphatic rings. The Balaban J connectivity index is 2.09. The fourth-order valence-electron chi connectivity index (χ4n) is 3.62. The number of carbonyl (C=O) groups excluding carboxylic acids is 2. The zero-order valence-electron chi connectivity index (χ0n) is 21.2. The Labute approximate surface area is 211 Å². The van der Waals surface area contributed by atoms with Gasteiger partial charge in [-0.2, -0.15) is 0 Å². The number of hydrogen-bond acceptors (Lipinski definition) is 8. The molecule has 0 saturated heterocycles. The van der Waals surface area contributed by atoms with Crippen molar-refractivity contribution in [2.24, 2.45) is 0 Å². The van der Waals surface area contributed by atoms with Crippen LogP contribution in [0.15, 0.2) is 49.6 Å². The van der Waals surface area contributed by atoms with Crippen molar-refractivity contribution in [1.29, 1.82) is 0 Å². The molecule has 2 aromatic rings. The molecule has 8 heteroatoms. The minimum atomic E-state index is -0.960. The molecule has 0 amide bonds. The molecule has 0 saturated carbocycles. The third-order valence-corrected chi connectivity index (χ3v) is 5.26. The highest BCUT2D eigenvalue weighted by Gasteiger charge is 2.15. The van der Waals surface area contributed by atoms with E-state index >= 15 is 0 Å². The first-order valence-electron chi connectivity index (χ1n) is 11.5. The lowest BCUT2D eigenvalue weighted by atomic mass is 9.96. The van der Waals surface area contributed by atoms with Crippen molar-refractivity contribution in [1.82, 2.24) is 0 Å². The molecule has 0 fully saturated rings. The first kappa shape index (κ1) is 28.6. The molecule has 2 unspecified atom stereocenters. The molecule has 2 aromatic carbocycles. The van der Waals surface area contributed by atoms with Gasteiger partial charge in [0.2, 0.25) is 0 Å². The van der Waals surface area contributed by atoms with Crippen LogP contribution in [0.3, 0.4) is 0 Å². The van der Waals surface area contributed by atoms with Crippen LogP contribution in [0.1, 0.15) is 22.3 Å². The van der Waals surface area contributed by atoms with Gasteiger partial charge in [0.1, 0.15) is 50.1 Å². The average molecular weight is 499 g/mol. The summed E-state index contributed by atoms with van der Waals surface area (Å²) in [5.74, 6) is 0.121. The van der Waals surface area contributed by atoms with Crippen LogP contribution in [-0.2, 0) is 19.1 Å². The second-order valence-corrected chi connectivity index (χ2v) is 8.48. The normalized spacial score (nSPS) is 12.3. The van der Waals surface area contributed by atoms with Crippen molar-refractivity contribution in [3.05, 3.63) is 71.8 Å². The molecule has 8 nitrogen and oxygen atoms in total. The number of carbonyl (C=O) groups is 2. The van der Waals surface area contributed by atoms with Gasteiger partial charge in [-0.3, -0.25) is 0 Å². The van der Waals surface area contributed by atoms with Crippen LogP contribution in [0.4, 0.5) is 0 Å². The standard InChI is InChI=1S/C28H34O8/c1-7-25(31)33-13-23(29)15-35-27-17(3)9-21(10-18(27)4)22-11-19(5)28(20(6)12-22)36-16-24(30)14-34-26(32)8-2/h7-12,23-24,29-30H,1-2,13-16H2,3-6H3. The number of ether oxygens (including phenoxy) is 4. The molecule has 0 aromatic heterocycles. The predicted octanol–water partition coefficient (Wildman–Crippen LogP) is 3.53. The van der Waals surface area contributed by atoms with Gasteiger partial charge in [0.25, 0.3) is 0 Å². The summed E-state index contributed by atoms with van der Waals surface area (Å²) < 4.78 is 21.3. The molecule has 36 heavy (non-hydrogen) atoms. The lowest BCUT2D eigenvalue weighted by Crippen LogP contribution is -2.25. The van der Waals surface area contributed by atoms with E-state index < -0.39 is 24.1 Å². The summed E-state index contributed by atoms with van der Waals surface area (Å²) in [6.07, 6.45) is 0.154. The molecule has 0 heterocycles. The lowest BCUT2D eigenvalue weighted by Gasteiger charge is -2.19. The molecule has 194 valence electrons. The smallest absolute Gasteiger partial charge is 0.330 e. The van der Waals surface area contributed by atoms with E-state index in [1.54, 1.807) is 0 Å². The van der Waals surface area contributed by atoms with E-state index in [1.165, 1.54) is 0 Å². The van der Waals surface area contributed by atoms with E-state index in [2.05, 4.69) is 13.2 Å². The summed E-state index contributed by atoms with van der Waals surface area (Å²) in [5.41, 5.74) is 5.57. The van der Waals surface area contributed by atoms with Crippen LogP contribution < -0.4 is 9.47 Å². The van der Waals surface area contributed by atoms with Crippen molar-refractivity contribution in [2.75, 3.05) is 26.4 Å². The van der Waals surface area contributed by atoms with E-state index in [0.29, 0.717) is 11.5 Å². The van der Waals surface area contributed by atoms with Crippen molar-refractivity contribution in [2.45, 2.75) is 39.9 Å². The molecular weight excluding hydrogens is 464 g/mol. The van der Waals surface area contributed by atoms with Crippen molar-refractivity contribution in [3.8, 4) is 22.6 Å². The van der Waals surface area contributed by atoms with Crippen LogP contribution in [0.25, 0.3) is 11.1 Å². The van der Waals surface area contributed by atoms with Crippen LogP contribution in [0.5, 0.6) is 11.5 Å². The minimum absolute atomic E-state index is 0.0195. The topological polar surface area (TPSA) is 112 Å². The van der Waals surface area contributed by atoms with Gasteiger partial charge in [0.15, 0.2) is 0 Å². The summed E-state index contributed by atoms with van der Waals surface area (Å²) >= 11 is 0. The number of rotatable bonds is 13. The van der Waals surface area contributed by atoms with Crippen molar-refractivity contribution >= 4 is 11.9 Å². The van der Waals surface area contributed by atoms with Crippen LogP contribution in [-0.4, -0.2) is 60.8 Å². The quantitative estimate of drug-likeness (QED) is 0.319. The Kier molecular flexibility index (Phi) is 10.7. The Morgan fingerprint density at radius 1 is 0.694 bits per heavy atom. The second kappa shape index (κ2) is 13.5. The van der Waals surface area contributed by atoms with Gasteiger partial charge < -0.3 is 29.2 Å². The SMILES string of the molecule is C=CC(=O)OCC(O)COc1c(C)cc(-c2cc(C)c(OCC(O)COC(=O)C=C)c(C)c2)cc1C. The van der Waals surface area contributed by atoms with E-state index in [1.807, 2.05) is 52.0 Å². The molecule has 0 aliphatic heterocycles. The number of aliphatic hydroxyl groups excluding tert-OH is 2. The molecule has 0 aliphatic carbocycles. The third-order valence-electron chi connectivity index (χ3n) is 5.26. The summed E-state index contributed by atoms with van der Waals surface area (Å²) in [7, 11) is 0. The fourth-order valence-corrected chi connectivity index (χ4v) is 3.62. The van der Waals surface area contributed by atoms with Crippen LogP contribution in [0, 0.1) is 27.7 Å². The maximum Gasteiger partial charge on any atom is 0.330 e. The largest absolute Gasteiger partial charge is 0.490 e. The maximum absolute atomic E-state index is 11.1. The van der Waals surface area contributed by atoms with Gasteiger partial charge in [-0.15, -0.1) is 0 Å². The first-order chi connectivity index (χ1) is 17.0. The number of aliphatic hydroxyl groups is 2. The van der Waals surface area contributed by atoms with Gasteiger partial charge in [-0.25, -0.2) is 9.59 Å². The van der Waals surface area contributed by atoms with Crippen LogP contribution in [0.2, 0.25) is 0 Å². The summed E-state index contributed by atoms with van der Waals surface area (Å²) in [6, 6.07) is 8.00. The molecule has 0 bridgehead atoms. The third kappa shape index (κ3) is 8.25. The van der Waals surface area contributed by atoms with E-state index in [-0.39, 0.29) is 26.4 Å². The molecule has 0 spiro atoms. The fraction of sp³-hybridized carbons (Fsp3) is 0.357. The van der Waals surface area contributed by atoms with E-state index in [4.69, 9.17) is 18.9 Å². The zero-order chi connectivity index (χ0) is 26.8. The Morgan fingerprint density at radius 2 is 1.00 bits per heavy atom. The van der Waals surface area contributed by atoms with E-state index in [0.717, 1.165) is 45.5 Å². The lowest BCUT2D eigenvalue weighted by molar-refractivity contribution is -0.142. The minimum Gasteiger partial charge on any atom is -0.490 e. The molecular formula is C28H34O8. The van der Waals surface area contributed by atoms with Gasteiger partial charge in [-0.1, -0.05) is 13.2 Å². The first-order valence-corrected chi connectivity index (χ1v) is 11.5. The number of aryl methyl sites for hydroxylation is 4. The van der Waals surface area contributed by atoms with Gasteiger partial charge in [0, 0.05) is 12.2 Å². The summed E-state index contributed by atoms with van der Waals surface area (Å²) in [6.45, 7) is 13.9. The monoisotopic (exact) mass is 498 g/mol. The highest BCUT2D eigenvalue weighted by atomic mass is 16.6. The zero-order valence-corrected chi connectivity index (χ0v) is 21.2. The van der Waals surface area contributed by atoms with E-state index in [9.17, 15) is 19.8 Å².